The van der Waals surface area contributed by atoms with Crippen LogP contribution in [0.2, 0.25) is 0 Å². The Hall–Kier alpha value is -2.73. The van der Waals surface area contributed by atoms with Crippen molar-refractivity contribution in [2.75, 3.05) is 45.9 Å². The average Bonchev–Trinajstić information content (AvgIpc) is 2.75. The van der Waals surface area contributed by atoms with E-state index in [-0.39, 0.29) is 6.03 Å². The molecule has 0 aromatic heterocycles. The van der Waals surface area contributed by atoms with E-state index in [0.29, 0.717) is 19.8 Å². The van der Waals surface area contributed by atoms with Crippen molar-refractivity contribution in [2.24, 2.45) is 0 Å². The number of nitrogens with zero attached hydrogens (tertiary/aromatic N) is 2. The van der Waals surface area contributed by atoms with Gasteiger partial charge in [0.05, 0.1) is 0 Å². The van der Waals surface area contributed by atoms with Gasteiger partial charge in [0.2, 0.25) is 0 Å². The molecule has 4 rings (SSSR count). The molecule has 0 saturated carbocycles. The van der Waals surface area contributed by atoms with Crippen LogP contribution in [0.15, 0.2) is 48.5 Å². The lowest BCUT2D eigenvalue weighted by Crippen LogP contribution is -2.51. The van der Waals surface area contributed by atoms with E-state index in [1.54, 1.807) is 0 Å². The van der Waals surface area contributed by atoms with Crippen LogP contribution in [0.1, 0.15) is 11.1 Å². The molecule has 148 valence electrons. The van der Waals surface area contributed by atoms with Crippen molar-refractivity contribution in [2.45, 2.75) is 13.0 Å². The van der Waals surface area contributed by atoms with E-state index < -0.39 is 0 Å². The van der Waals surface area contributed by atoms with Crippen LogP contribution in [-0.4, -0.2) is 61.8 Å². The maximum Gasteiger partial charge on any atom is 0.317 e. The highest BCUT2D eigenvalue weighted by Gasteiger charge is 2.20. The first-order valence-corrected chi connectivity index (χ1v) is 9.95. The van der Waals surface area contributed by atoms with Gasteiger partial charge in [0, 0.05) is 39.3 Å². The third kappa shape index (κ3) is 4.75. The summed E-state index contributed by atoms with van der Waals surface area (Å²) in [5.41, 5.74) is 2.46. The largest absolute Gasteiger partial charge is 0.486 e. The Kier molecular flexibility index (Phi) is 5.97. The van der Waals surface area contributed by atoms with Crippen LogP contribution in [0, 0.1) is 0 Å². The van der Waals surface area contributed by atoms with Crippen molar-refractivity contribution in [1.29, 1.82) is 0 Å². The monoisotopic (exact) mass is 381 g/mol. The first kappa shape index (κ1) is 18.6. The maximum absolute atomic E-state index is 12.4. The fraction of sp³-hybridized carbons (Fsp3) is 0.409. The molecule has 0 aliphatic carbocycles. The normalized spacial score (nSPS) is 16.6. The van der Waals surface area contributed by atoms with Crippen molar-refractivity contribution in [3.8, 4) is 11.5 Å². The van der Waals surface area contributed by atoms with Crippen LogP contribution < -0.4 is 14.8 Å². The van der Waals surface area contributed by atoms with Gasteiger partial charge in [-0.25, -0.2) is 4.79 Å². The van der Waals surface area contributed by atoms with Crippen LogP contribution in [0.4, 0.5) is 4.79 Å². The number of rotatable bonds is 5. The molecule has 1 fully saturated rings. The van der Waals surface area contributed by atoms with E-state index in [1.807, 2.05) is 29.2 Å². The Balaban J connectivity index is 1.19. The predicted molar refractivity (Wildman–Crippen MR) is 108 cm³/mol. The van der Waals surface area contributed by atoms with Gasteiger partial charge in [0.25, 0.3) is 0 Å². The second-order valence-corrected chi connectivity index (χ2v) is 7.21. The van der Waals surface area contributed by atoms with Gasteiger partial charge in [-0.1, -0.05) is 36.4 Å². The lowest BCUT2D eigenvalue weighted by atomic mass is 10.1. The lowest BCUT2D eigenvalue weighted by Gasteiger charge is -2.34. The number of piperazine rings is 1. The molecule has 1 saturated heterocycles. The predicted octanol–water partition coefficient (Wildman–Crippen LogP) is 2.53. The van der Waals surface area contributed by atoms with E-state index >= 15 is 0 Å². The van der Waals surface area contributed by atoms with E-state index in [2.05, 4.69) is 34.5 Å². The van der Waals surface area contributed by atoms with Crippen LogP contribution in [0.3, 0.4) is 0 Å². The van der Waals surface area contributed by atoms with Crippen LogP contribution >= 0.6 is 0 Å². The number of fused-ring (bicyclic) bond motifs is 1. The number of nitrogens with one attached hydrogen (secondary N) is 1. The molecule has 0 radical (unpaired) electrons. The average molecular weight is 381 g/mol. The number of amides is 2. The van der Waals surface area contributed by atoms with Crippen molar-refractivity contribution in [3.63, 3.8) is 0 Å². The van der Waals surface area contributed by atoms with Gasteiger partial charge in [0.15, 0.2) is 11.5 Å². The smallest absolute Gasteiger partial charge is 0.317 e. The summed E-state index contributed by atoms with van der Waals surface area (Å²) in [5.74, 6) is 1.59. The fourth-order valence-corrected chi connectivity index (χ4v) is 3.62. The summed E-state index contributed by atoms with van der Waals surface area (Å²) < 4.78 is 11.2. The summed E-state index contributed by atoms with van der Waals surface area (Å²) in [6, 6.07) is 16.5. The SMILES string of the molecule is O=C(NCCc1ccc2c(c1)OCCO2)N1CCN(Cc2ccccc2)CC1. The number of carbonyl (C=O) groups is 1. The Morgan fingerprint density at radius 1 is 0.893 bits per heavy atom. The van der Waals surface area contributed by atoms with Gasteiger partial charge in [0.1, 0.15) is 13.2 Å². The molecular weight excluding hydrogens is 354 g/mol. The number of hydrogen-bond donors (Lipinski definition) is 1. The minimum absolute atomic E-state index is 0.0249. The van der Waals surface area contributed by atoms with Gasteiger partial charge >= 0.3 is 6.03 Å². The van der Waals surface area contributed by atoms with Gasteiger partial charge < -0.3 is 19.7 Å². The summed E-state index contributed by atoms with van der Waals surface area (Å²) in [5, 5.41) is 3.04. The third-order valence-corrected chi connectivity index (χ3v) is 5.20. The number of ether oxygens (including phenoxy) is 2. The summed E-state index contributed by atoms with van der Waals surface area (Å²) in [4.78, 5) is 16.7. The van der Waals surface area contributed by atoms with E-state index in [9.17, 15) is 4.79 Å². The molecule has 2 aliphatic heterocycles. The number of carbonyl (C=O) groups excluding carboxylic acids is 1. The summed E-state index contributed by atoms with van der Waals surface area (Å²) in [6.45, 7) is 6.09. The molecule has 2 aliphatic rings. The van der Waals surface area contributed by atoms with E-state index in [1.165, 1.54) is 5.56 Å². The molecule has 28 heavy (non-hydrogen) atoms. The number of benzene rings is 2. The van der Waals surface area contributed by atoms with Crippen molar-refractivity contribution < 1.29 is 14.3 Å². The second-order valence-electron chi connectivity index (χ2n) is 7.21. The minimum Gasteiger partial charge on any atom is -0.486 e. The van der Waals surface area contributed by atoms with Crippen LogP contribution in [0.25, 0.3) is 0 Å². The quantitative estimate of drug-likeness (QED) is 0.865. The minimum atomic E-state index is 0.0249. The highest BCUT2D eigenvalue weighted by Crippen LogP contribution is 2.30. The zero-order valence-corrected chi connectivity index (χ0v) is 16.1. The Morgan fingerprint density at radius 2 is 1.64 bits per heavy atom. The fourth-order valence-electron chi connectivity index (χ4n) is 3.62. The Bertz CT molecular complexity index is 789. The molecule has 2 aromatic carbocycles. The molecule has 1 N–H and O–H groups in total. The van der Waals surface area contributed by atoms with Gasteiger partial charge in [-0.3, -0.25) is 4.90 Å². The van der Waals surface area contributed by atoms with Crippen LogP contribution in [0.5, 0.6) is 11.5 Å². The Labute approximate surface area is 166 Å². The van der Waals surface area contributed by atoms with Crippen molar-refractivity contribution in [3.05, 3.63) is 59.7 Å². The zero-order valence-electron chi connectivity index (χ0n) is 16.1. The molecule has 2 amide bonds. The van der Waals surface area contributed by atoms with Gasteiger partial charge in [-0.05, 0) is 29.7 Å². The molecule has 2 aromatic rings. The molecule has 2 heterocycles. The maximum atomic E-state index is 12.4. The van der Waals surface area contributed by atoms with Gasteiger partial charge in [-0.2, -0.15) is 0 Å². The zero-order chi connectivity index (χ0) is 19.2. The molecule has 6 heteroatoms. The van der Waals surface area contributed by atoms with Crippen LogP contribution in [-0.2, 0) is 13.0 Å². The van der Waals surface area contributed by atoms with Crippen molar-refractivity contribution >= 4 is 6.03 Å². The highest BCUT2D eigenvalue weighted by molar-refractivity contribution is 5.74. The molecule has 0 unspecified atom stereocenters. The molecule has 0 bridgehead atoms. The molecular formula is C22H27N3O3. The summed E-state index contributed by atoms with van der Waals surface area (Å²) in [6.07, 6.45) is 0.774. The van der Waals surface area contributed by atoms with Crippen molar-refractivity contribution in [1.82, 2.24) is 15.1 Å². The summed E-state index contributed by atoms with van der Waals surface area (Å²) >= 11 is 0. The van der Waals surface area contributed by atoms with Gasteiger partial charge in [-0.15, -0.1) is 0 Å². The number of urea groups is 1. The summed E-state index contributed by atoms with van der Waals surface area (Å²) in [7, 11) is 0. The highest BCUT2D eigenvalue weighted by atomic mass is 16.6. The molecule has 0 spiro atoms. The lowest BCUT2D eigenvalue weighted by molar-refractivity contribution is 0.135. The molecule has 6 nitrogen and oxygen atoms in total. The molecule has 0 atom stereocenters. The third-order valence-electron chi connectivity index (χ3n) is 5.20. The topological polar surface area (TPSA) is 54.0 Å². The standard InChI is InChI=1S/C22H27N3O3/c26-22(23-9-8-18-6-7-20-21(16-18)28-15-14-27-20)25-12-10-24(11-13-25)17-19-4-2-1-3-5-19/h1-7,16H,8-15,17H2,(H,23,26). The van der Waals surface area contributed by atoms with E-state index in [0.717, 1.165) is 56.2 Å². The van der Waals surface area contributed by atoms with E-state index in [4.69, 9.17) is 9.47 Å². The first-order valence-electron chi connectivity index (χ1n) is 9.95. The Morgan fingerprint density at radius 3 is 2.43 bits per heavy atom. The second kappa shape index (κ2) is 8.97. The number of hydrogen-bond acceptors (Lipinski definition) is 4. The first-order chi connectivity index (χ1) is 13.8.